The van der Waals surface area contributed by atoms with Gasteiger partial charge in [-0.15, -0.1) is 10.2 Å². The molecule has 0 amide bonds. The normalized spacial score (nSPS) is 11.4. The van der Waals surface area contributed by atoms with E-state index in [1.54, 1.807) is 24.0 Å². The number of methoxy groups -OCH3 is 1. The molecule has 0 aliphatic rings. The molecule has 3 heterocycles. The molecule has 8 nitrogen and oxygen atoms in total. The van der Waals surface area contributed by atoms with Crippen LogP contribution in [0.5, 0.6) is 5.75 Å². The summed E-state index contributed by atoms with van der Waals surface area (Å²) in [6, 6.07) is 22.8. The summed E-state index contributed by atoms with van der Waals surface area (Å²) in [7, 11) is 1.60. The molecule has 3 aromatic carbocycles. The van der Waals surface area contributed by atoms with Crippen LogP contribution in [0.15, 0.2) is 93.4 Å². The molecule has 0 unspecified atom stereocenters. The summed E-state index contributed by atoms with van der Waals surface area (Å²) in [6.45, 7) is 2.04. The molecule has 6 rings (SSSR count). The molecule has 0 fully saturated rings. The molecule has 36 heavy (non-hydrogen) atoms. The summed E-state index contributed by atoms with van der Waals surface area (Å²) >= 11 is 1.48. The number of ether oxygens (including phenoxy) is 1. The van der Waals surface area contributed by atoms with Crippen molar-refractivity contribution in [2.75, 3.05) is 7.11 Å². The molecular weight excluding hydrogens is 474 g/mol. The van der Waals surface area contributed by atoms with Gasteiger partial charge < -0.3 is 9.15 Å². The Hall–Kier alpha value is -4.37. The van der Waals surface area contributed by atoms with E-state index in [-0.39, 0.29) is 5.56 Å². The van der Waals surface area contributed by atoms with Crippen LogP contribution in [0.3, 0.4) is 0 Å². The number of hydrogen-bond acceptors (Lipinski definition) is 7. The van der Waals surface area contributed by atoms with E-state index in [1.165, 1.54) is 17.3 Å². The van der Waals surface area contributed by atoms with Crippen molar-refractivity contribution in [1.29, 1.82) is 0 Å². The summed E-state index contributed by atoms with van der Waals surface area (Å²) in [6.07, 6.45) is 1.66. The standard InChI is InChI=1S/C27H21N5O3S/c1-17-10-12-18(13-11-17)24-28-19(15-35-24)16-36-27-30-29-26-31(20-6-5-7-21(14-20)34-2)25(33)22-8-3-4-9-23(22)32(26)27/h3-15H,16H2,1-2H3. The summed E-state index contributed by atoms with van der Waals surface area (Å²) in [5, 5.41) is 10.1. The number of rotatable bonds is 6. The molecular formula is C27H21N5O3S. The Bertz CT molecular complexity index is 1770. The van der Waals surface area contributed by atoms with Crippen LogP contribution in [0.4, 0.5) is 0 Å². The Balaban J connectivity index is 1.41. The van der Waals surface area contributed by atoms with E-state index < -0.39 is 0 Å². The van der Waals surface area contributed by atoms with Crippen molar-refractivity contribution in [2.24, 2.45) is 0 Å². The van der Waals surface area contributed by atoms with E-state index in [0.717, 1.165) is 16.8 Å². The topological polar surface area (TPSA) is 87.5 Å². The van der Waals surface area contributed by atoms with Crippen molar-refractivity contribution in [3.63, 3.8) is 0 Å². The number of aryl methyl sites for hydroxylation is 1. The van der Waals surface area contributed by atoms with Gasteiger partial charge >= 0.3 is 0 Å². The molecule has 0 saturated heterocycles. The Morgan fingerprint density at radius 1 is 1.00 bits per heavy atom. The Morgan fingerprint density at radius 3 is 2.67 bits per heavy atom. The maximum Gasteiger partial charge on any atom is 0.267 e. The zero-order chi connectivity index (χ0) is 24.6. The first-order valence-corrected chi connectivity index (χ1v) is 12.3. The summed E-state index contributed by atoms with van der Waals surface area (Å²) in [4.78, 5) is 18.1. The first kappa shape index (κ1) is 22.1. The van der Waals surface area contributed by atoms with Crippen LogP contribution < -0.4 is 10.3 Å². The second kappa shape index (κ2) is 9.01. The van der Waals surface area contributed by atoms with Crippen LogP contribution in [-0.4, -0.2) is 31.3 Å². The first-order valence-electron chi connectivity index (χ1n) is 11.3. The van der Waals surface area contributed by atoms with E-state index in [9.17, 15) is 4.79 Å². The minimum atomic E-state index is -0.172. The lowest BCUT2D eigenvalue weighted by Gasteiger charge is -2.12. The maximum atomic E-state index is 13.5. The molecule has 0 aliphatic carbocycles. The lowest BCUT2D eigenvalue weighted by Crippen LogP contribution is -2.21. The molecule has 0 aliphatic heterocycles. The smallest absolute Gasteiger partial charge is 0.267 e. The van der Waals surface area contributed by atoms with Crippen molar-refractivity contribution in [3.8, 4) is 22.9 Å². The summed E-state index contributed by atoms with van der Waals surface area (Å²) < 4.78 is 14.5. The SMILES string of the molecule is COc1cccc(-n2c(=O)c3ccccc3n3c(SCc4coc(-c5ccc(C)cc5)n4)nnc23)c1. The van der Waals surface area contributed by atoms with Gasteiger partial charge in [-0.25, -0.2) is 9.55 Å². The van der Waals surface area contributed by atoms with Crippen LogP contribution in [-0.2, 0) is 5.75 Å². The molecule has 0 spiro atoms. The number of benzene rings is 3. The van der Waals surface area contributed by atoms with Crippen LogP contribution in [0, 0.1) is 6.92 Å². The highest BCUT2D eigenvalue weighted by molar-refractivity contribution is 7.98. The van der Waals surface area contributed by atoms with Crippen molar-refractivity contribution >= 4 is 28.4 Å². The molecule has 0 saturated carbocycles. The first-order chi connectivity index (χ1) is 17.6. The van der Waals surface area contributed by atoms with Gasteiger partial charge in [0.05, 0.1) is 29.4 Å². The van der Waals surface area contributed by atoms with E-state index in [0.29, 0.717) is 39.4 Å². The number of oxazole rings is 1. The minimum absolute atomic E-state index is 0.172. The third-order valence-corrected chi connectivity index (χ3v) is 6.87. The molecule has 178 valence electrons. The summed E-state index contributed by atoms with van der Waals surface area (Å²) in [5.41, 5.74) is 4.12. The van der Waals surface area contributed by atoms with Crippen LogP contribution in [0.2, 0.25) is 0 Å². The number of thioether (sulfide) groups is 1. The Labute approximate surface area is 210 Å². The molecule has 0 atom stereocenters. The van der Waals surface area contributed by atoms with Crippen molar-refractivity contribution in [2.45, 2.75) is 17.8 Å². The highest BCUT2D eigenvalue weighted by Crippen LogP contribution is 2.27. The number of hydrogen-bond donors (Lipinski definition) is 0. The van der Waals surface area contributed by atoms with Gasteiger partial charge in [0.15, 0.2) is 5.16 Å². The predicted octanol–water partition coefficient (Wildman–Crippen LogP) is 5.30. The lowest BCUT2D eigenvalue weighted by molar-refractivity contribution is 0.414. The van der Waals surface area contributed by atoms with Gasteiger partial charge in [-0.2, -0.15) is 0 Å². The Morgan fingerprint density at radius 2 is 1.83 bits per heavy atom. The number of nitrogens with zero attached hydrogens (tertiary/aromatic N) is 5. The minimum Gasteiger partial charge on any atom is -0.497 e. The van der Waals surface area contributed by atoms with E-state index in [2.05, 4.69) is 15.2 Å². The lowest BCUT2D eigenvalue weighted by atomic mass is 10.1. The van der Waals surface area contributed by atoms with E-state index >= 15 is 0 Å². The summed E-state index contributed by atoms with van der Waals surface area (Å²) in [5.74, 6) is 2.18. The third kappa shape index (κ3) is 3.83. The van der Waals surface area contributed by atoms with Gasteiger partial charge in [0, 0.05) is 17.4 Å². The Kier molecular flexibility index (Phi) is 5.54. The zero-order valence-corrected chi connectivity index (χ0v) is 20.4. The monoisotopic (exact) mass is 495 g/mol. The molecule has 3 aromatic heterocycles. The molecule has 6 aromatic rings. The largest absolute Gasteiger partial charge is 0.497 e. The van der Waals surface area contributed by atoms with Gasteiger partial charge in [0.2, 0.25) is 11.7 Å². The second-order valence-electron chi connectivity index (χ2n) is 8.28. The van der Waals surface area contributed by atoms with Crippen molar-refractivity contribution in [1.82, 2.24) is 24.1 Å². The van der Waals surface area contributed by atoms with Gasteiger partial charge in [0.25, 0.3) is 5.56 Å². The average molecular weight is 496 g/mol. The van der Waals surface area contributed by atoms with Gasteiger partial charge in [0.1, 0.15) is 12.0 Å². The zero-order valence-electron chi connectivity index (χ0n) is 19.6. The average Bonchev–Trinajstić information content (AvgIpc) is 3.56. The second-order valence-corrected chi connectivity index (χ2v) is 9.22. The van der Waals surface area contributed by atoms with Gasteiger partial charge in [-0.3, -0.25) is 9.20 Å². The van der Waals surface area contributed by atoms with E-state index in [4.69, 9.17) is 9.15 Å². The molecule has 0 N–H and O–H groups in total. The van der Waals surface area contributed by atoms with Crippen LogP contribution in [0.1, 0.15) is 11.3 Å². The van der Waals surface area contributed by atoms with Crippen LogP contribution >= 0.6 is 11.8 Å². The van der Waals surface area contributed by atoms with Crippen molar-refractivity contribution in [3.05, 3.63) is 101 Å². The fourth-order valence-electron chi connectivity index (χ4n) is 4.09. The van der Waals surface area contributed by atoms with E-state index in [1.807, 2.05) is 78.1 Å². The van der Waals surface area contributed by atoms with Gasteiger partial charge in [-0.05, 0) is 43.3 Å². The van der Waals surface area contributed by atoms with Gasteiger partial charge in [-0.1, -0.05) is 47.7 Å². The third-order valence-electron chi connectivity index (χ3n) is 5.91. The maximum absolute atomic E-state index is 13.5. The quantitative estimate of drug-likeness (QED) is 0.290. The number of aromatic nitrogens is 5. The fourth-order valence-corrected chi connectivity index (χ4v) is 4.91. The molecule has 0 bridgehead atoms. The van der Waals surface area contributed by atoms with Crippen LogP contribution in [0.25, 0.3) is 33.8 Å². The molecule has 0 radical (unpaired) electrons. The molecule has 9 heteroatoms. The van der Waals surface area contributed by atoms with Crippen molar-refractivity contribution < 1.29 is 9.15 Å². The predicted molar refractivity (Wildman–Crippen MR) is 139 cm³/mol. The highest BCUT2D eigenvalue weighted by atomic mass is 32.2. The number of para-hydroxylation sites is 1. The number of fused-ring (bicyclic) bond motifs is 3. The fraction of sp³-hybridized carbons (Fsp3) is 0.111. The highest BCUT2D eigenvalue weighted by Gasteiger charge is 2.19.